The van der Waals surface area contributed by atoms with E-state index in [0.29, 0.717) is 11.4 Å². The third-order valence-corrected chi connectivity index (χ3v) is 4.53. The van der Waals surface area contributed by atoms with Gasteiger partial charge in [0.1, 0.15) is 11.4 Å². The van der Waals surface area contributed by atoms with E-state index < -0.39 is 0 Å². The Morgan fingerprint density at radius 1 is 0.333 bits per heavy atom. The van der Waals surface area contributed by atoms with Gasteiger partial charge in [0.05, 0.1) is 46.6 Å². The van der Waals surface area contributed by atoms with Gasteiger partial charge in [0.25, 0.3) is 0 Å². The second-order valence-electron chi connectivity index (χ2n) is 6.53. The fourth-order valence-corrected chi connectivity index (χ4v) is 3.06. The zero-order valence-corrected chi connectivity index (χ0v) is 15.9. The maximum atomic E-state index is 4.68. The first kappa shape index (κ1) is 17.8. The van der Waals surface area contributed by atoms with Crippen LogP contribution in [0, 0.1) is 0 Å². The molecule has 0 aliphatic rings. The summed E-state index contributed by atoms with van der Waals surface area (Å²) in [6.45, 7) is 0. The third kappa shape index (κ3) is 3.66. The summed E-state index contributed by atoms with van der Waals surface area (Å²) in [6, 6.07) is 23.1. The molecule has 0 N–H and O–H groups in total. The topological polar surface area (TPSA) is 77.3 Å². The first-order valence-electron chi connectivity index (χ1n) is 9.46. The van der Waals surface area contributed by atoms with Crippen molar-refractivity contribution >= 4 is 0 Å². The summed E-state index contributed by atoms with van der Waals surface area (Å²) in [6.07, 6.45) is 6.94. The van der Waals surface area contributed by atoms with E-state index in [1.807, 2.05) is 72.8 Å². The Bertz CT molecular complexity index is 1170. The monoisotopic (exact) mass is 388 g/mol. The van der Waals surface area contributed by atoms with Gasteiger partial charge in [-0.3, -0.25) is 19.9 Å². The molecule has 6 heteroatoms. The van der Waals surface area contributed by atoms with E-state index in [1.165, 1.54) is 0 Å². The van der Waals surface area contributed by atoms with E-state index >= 15 is 0 Å². The summed E-state index contributed by atoms with van der Waals surface area (Å²) in [5, 5.41) is 0. The van der Waals surface area contributed by atoms with Crippen molar-refractivity contribution in [1.29, 1.82) is 0 Å². The van der Waals surface area contributed by atoms with Crippen molar-refractivity contribution in [2.75, 3.05) is 0 Å². The van der Waals surface area contributed by atoms with Gasteiger partial charge in [0, 0.05) is 12.4 Å². The fourth-order valence-electron chi connectivity index (χ4n) is 3.06. The van der Waals surface area contributed by atoms with Crippen molar-refractivity contribution in [3.63, 3.8) is 0 Å². The molecule has 0 amide bonds. The largest absolute Gasteiger partial charge is 0.255 e. The zero-order chi connectivity index (χ0) is 20.2. The Morgan fingerprint density at radius 2 is 0.733 bits per heavy atom. The fraction of sp³-hybridized carbons (Fsp3) is 0. The van der Waals surface area contributed by atoms with Crippen molar-refractivity contribution in [2.24, 2.45) is 0 Å². The molecule has 0 radical (unpaired) electrons. The molecule has 0 aromatic carbocycles. The minimum atomic E-state index is 0.692. The zero-order valence-electron chi connectivity index (χ0n) is 15.9. The molecular formula is C24H16N6. The van der Waals surface area contributed by atoms with Gasteiger partial charge < -0.3 is 0 Å². The molecule has 5 heterocycles. The van der Waals surface area contributed by atoms with Gasteiger partial charge in [-0.25, -0.2) is 9.97 Å². The van der Waals surface area contributed by atoms with Crippen LogP contribution in [0.4, 0.5) is 0 Å². The molecule has 142 valence electrons. The molecule has 0 saturated heterocycles. The molecule has 0 unspecified atom stereocenters. The van der Waals surface area contributed by atoms with Crippen molar-refractivity contribution in [2.45, 2.75) is 0 Å². The second kappa shape index (κ2) is 7.97. The molecular weight excluding hydrogens is 372 g/mol. The van der Waals surface area contributed by atoms with Crippen LogP contribution < -0.4 is 0 Å². The Balaban J connectivity index is 1.44. The van der Waals surface area contributed by atoms with Gasteiger partial charge in [-0.2, -0.15) is 0 Å². The van der Waals surface area contributed by atoms with Crippen LogP contribution in [0.1, 0.15) is 0 Å². The second-order valence-corrected chi connectivity index (χ2v) is 6.53. The minimum absolute atomic E-state index is 0.692. The van der Waals surface area contributed by atoms with E-state index in [-0.39, 0.29) is 0 Å². The molecule has 0 bridgehead atoms. The number of aromatic nitrogens is 6. The van der Waals surface area contributed by atoms with E-state index in [4.69, 9.17) is 0 Å². The van der Waals surface area contributed by atoms with Crippen molar-refractivity contribution in [3.8, 4) is 45.6 Å². The Kier molecular flexibility index (Phi) is 4.72. The molecule has 0 aliphatic heterocycles. The highest BCUT2D eigenvalue weighted by Gasteiger charge is 2.09. The highest BCUT2D eigenvalue weighted by atomic mass is 14.9. The highest BCUT2D eigenvalue weighted by molar-refractivity contribution is 5.64. The SMILES string of the molecule is c1ccc(-c2cccc(-c3cnc(-c4cccc(-c5ccccn5)n4)cn3)n2)nc1. The van der Waals surface area contributed by atoms with Crippen LogP contribution in [0.5, 0.6) is 0 Å². The van der Waals surface area contributed by atoms with Crippen LogP contribution in [-0.4, -0.2) is 29.9 Å². The predicted molar refractivity (Wildman–Crippen MR) is 115 cm³/mol. The van der Waals surface area contributed by atoms with Crippen molar-refractivity contribution < 1.29 is 0 Å². The van der Waals surface area contributed by atoms with E-state index in [0.717, 1.165) is 34.2 Å². The molecule has 5 rings (SSSR count). The molecule has 5 aromatic rings. The normalized spacial score (nSPS) is 10.7. The van der Waals surface area contributed by atoms with Crippen molar-refractivity contribution in [3.05, 3.63) is 97.6 Å². The molecule has 0 fully saturated rings. The molecule has 5 aromatic heterocycles. The lowest BCUT2D eigenvalue weighted by Crippen LogP contribution is -1.95. The number of hydrogen-bond acceptors (Lipinski definition) is 6. The van der Waals surface area contributed by atoms with Crippen LogP contribution in [-0.2, 0) is 0 Å². The van der Waals surface area contributed by atoms with E-state index in [2.05, 4.69) is 29.9 Å². The number of rotatable bonds is 4. The van der Waals surface area contributed by atoms with Crippen LogP contribution in [0.15, 0.2) is 97.6 Å². The minimum Gasteiger partial charge on any atom is -0.255 e. The lowest BCUT2D eigenvalue weighted by Gasteiger charge is -2.06. The predicted octanol–water partition coefficient (Wildman–Crippen LogP) is 4.72. The number of pyridine rings is 4. The summed E-state index contributed by atoms with van der Waals surface area (Å²) in [7, 11) is 0. The van der Waals surface area contributed by atoms with Crippen molar-refractivity contribution in [1.82, 2.24) is 29.9 Å². The average molecular weight is 388 g/mol. The van der Waals surface area contributed by atoms with Gasteiger partial charge in [0.15, 0.2) is 0 Å². The molecule has 6 nitrogen and oxygen atoms in total. The highest BCUT2D eigenvalue weighted by Crippen LogP contribution is 2.22. The molecule has 0 aliphatic carbocycles. The molecule has 30 heavy (non-hydrogen) atoms. The molecule has 0 atom stereocenters. The Labute approximate surface area is 173 Å². The molecule has 0 saturated carbocycles. The number of nitrogens with zero attached hydrogens (tertiary/aromatic N) is 6. The Hall–Kier alpha value is -4.32. The maximum absolute atomic E-state index is 4.68. The quantitative estimate of drug-likeness (QED) is 0.443. The van der Waals surface area contributed by atoms with Gasteiger partial charge in [-0.15, -0.1) is 0 Å². The third-order valence-electron chi connectivity index (χ3n) is 4.53. The Morgan fingerprint density at radius 3 is 1.10 bits per heavy atom. The lowest BCUT2D eigenvalue weighted by atomic mass is 10.2. The van der Waals surface area contributed by atoms with E-state index in [1.54, 1.807) is 24.8 Å². The first-order valence-corrected chi connectivity index (χ1v) is 9.46. The standard InChI is InChI=1S/C24H16N6/c1-3-13-25-17(7-1)19-9-5-11-21(29-19)23-15-28-24(16-27-23)22-12-6-10-20(30-22)18-8-2-4-14-26-18/h1-16H. The van der Waals surface area contributed by atoms with Crippen LogP contribution in [0.2, 0.25) is 0 Å². The summed E-state index contributed by atoms with van der Waals surface area (Å²) in [4.78, 5) is 27.2. The van der Waals surface area contributed by atoms with Crippen LogP contribution in [0.25, 0.3) is 45.6 Å². The van der Waals surface area contributed by atoms with Gasteiger partial charge in [0.2, 0.25) is 0 Å². The summed E-state index contributed by atoms with van der Waals surface area (Å²) in [5.74, 6) is 0. The molecule has 0 spiro atoms. The van der Waals surface area contributed by atoms with Crippen LogP contribution >= 0.6 is 0 Å². The lowest BCUT2D eigenvalue weighted by molar-refractivity contribution is 1.15. The summed E-state index contributed by atoms with van der Waals surface area (Å²) < 4.78 is 0. The number of hydrogen-bond donors (Lipinski definition) is 0. The van der Waals surface area contributed by atoms with Gasteiger partial charge in [-0.05, 0) is 48.5 Å². The summed E-state index contributed by atoms with van der Waals surface area (Å²) in [5.41, 5.74) is 6.10. The summed E-state index contributed by atoms with van der Waals surface area (Å²) >= 11 is 0. The smallest absolute Gasteiger partial charge is 0.107 e. The average Bonchev–Trinajstić information content (AvgIpc) is 2.85. The van der Waals surface area contributed by atoms with E-state index in [9.17, 15) is 0 Å². The first-order chi connectivity index (χ1) is 14.9. The maximum Gasteiger partial charge on any atom is 0.107 e. The van der Waals surface area contributed by atoms with Gasteiger partial charge in [-0.1, -0.05) is 24.3 Å². The van der Waals surface area contributed by atoms with Crippen LogP contribution in [0.3, 0.4) is 0 Å². The van der Waals surface area contributed by atoms with Gasteiger partial charge >= 0.3 is 0 Å².